The lowest BCUT2D eigenvalue weighted by Gasteiger charge is -2.33. The fourth-order valence-electron chi connectivity index (χ4n) is 4.49. The van der Waals surface area contributed by atoms with Crippen molar-refractivity contribution in [2.45, 2.75) is 57.1 Å². The highest BCUT2D eigenvalue weighted by Gasteiger charge is 2.45. The topological polar surface area (TPSA) is 121 Å². The Morgan fingerprint density at radius 1 is 1.14 bits per heavy atom. The molecule has 1 heterocycles. The standard InChI is InChI=1S/C24H31ClN4O5S/c1-5-27(15(2)3)23(31)16(4)28-11-10-21(24(28)32)29(14-22(26)30)35(33,34)20-9-7-17-12-19(25)8-6-18(17)13-20/h6-9,12-13,15-16,21H,5,10-11,14H2,1-4H3,(H2,26,30)/t16-,21-/m0/s1. The molecule has 0 unspecified atom stereocenters. The van der Waals surface area contributed by atoms with Gasteiger partial charge in [0, 0.05) is 24.2 Å². The number of primary amides is 1. The molecule has 3 rings (SSSR count). The van der Waals surface area contributed by atoms with Gasteiger partial charge >= 0.3 is 0 Å². The van der Waals surface area contributed by atoms with Gasteiger partial charge < -0.3 is 15.5 Å². The van der Waals surface area contributed by atoms with Gasteiger partial charge in [0.25, 0.3) is 0 Å². The maximum absolute atomic E-state index is 13.6. The molecule has 2 N–H and O–H groups in total. The number of carbonyl (C=O) groups excluding carboxylic acids is 3. The van der Waals surface area contributed by atoms with Crippen LogP contribution in [0.5, 0.6) is 0 Å². The molecule has 2 aromatic carbocycles. The second kappa shape index (κ2) is 10.5. The molecule has 1 aliphatic heterocycles. The van der Waals surface area contributed by atoms with Crippen LogP contribution in [0.4, 0.5) is 0 Å². The summed E-state index contributed by atoms with van der Waals surface area (Å²) in [5.74, 6) is -1.62. The smallest absolute Gasteiger partial charge is 0.245 e. The first-order valence-electron chi connectivity index (χ1n) is 11.5. The van der Waals surface area contributed by atoms with Crippen LogP contribution in [0.1, 0.15) is 34.1 Å². The fraction of sp³-hybridized carbons (Fsp3) is 0.458. The zero-order valence-corrected chi connectivity index (χ0v) is 21.8. The van der Waals surface area contributed by atoms with Crippen molar-refractivity contribution in [1.82, 2.24) is 14.1 Å². The zero-order valence-electron chi connectivity index (χ0n) is 20.3. The van der Waals surface area contributed by atoms with E-state index in [4.69, 9.17) is 17.3 Å². The SMILES string of the molecule is CCN(C(=O)[C@H](C)N1CC[C@H](N(CC(N)=O)S(=O)(=O)c2ccc3cc(Cl)ccc3c2)C1=O)C(C)C. The van der Waals surface area contributed by atoms with E-state index in [-0.39, 0.29) is 29.8 Å². The molecule has 1 aliphatic rings. The van der Waals surface area contributed by atoms with Crippen LogP contribution in [-0.2, 0) is 24.4 Å². The molecule has 2 atom stereocenters. The van der Waals surface area contributed by atoms with Crippen molar-refractivity contribution in [2.75, 3.05) is 19.6 Å². The fourth-order valence-corrected chi connectivity index (χ4v) is 6.29. The van der Waals surface area contributed by atoms with Crippen molar-refractivity contribution in [3.8, 4) is 0 Å². The lowest BCUT2D eigenvalue weighted by molar-refractivity contribution is -0.145. The highest BCUT2D eigenvalue weighted by molar-refractivity contribution is 7.89. The minimum Gasteiger partial charge on any atom is -0.369 e. The van der Waals surface area contributed by atoms with Gasteiger partial charge in [-0.3, -0.25) is 14.4 Å². The molecule has 3 amide bonds. The third-order valence-corrected chi connectivity index (χ3v) is 8.41. The van der Waals surface area contributed by atoms with E-state index in [1.54, 1.807) is 36.1 Å². The third-order valence-electron chi connectivity index (χ3n) is 6.32. The number of likely N-dealkylation sites (tertiary alicyclic amines) is 1. The Morgan fingerprint density at radius 3 is 2.37 bits per heavy atom. The minimum absolute atomic E-state index is 0.0435. The van der Waals surface area contributed by atoms with Gasteiger partial charge in [-0.05, 0) is 69.2 Å². The van der Waals surface area contributed by atoms with Gasteiger partial charge in [-0.25, -0.2) is 8.42 Å². The molecule has 0 aliphatic carbocycles. The Morgan fingerprint density at radius 2 is 1.77 bits per heavy atom. The Bertz CT molecular complexity index is 1250. The van der Waals surface area contributed by atoms with E-state index in [1.807, 2.05) is 20.8 Å². The first kappa shape index (κ1) is 26.9. The van der Waals surface area contributed by atoms with E-state index >= 15 is 0 Å². The molecule has 35 heavy (non-hydrogen) atoms. The normalized spacial score (nSPS) is 17.4. The van der Waals surface area contributed by atoms with Crippen LogP contribution in [0.3, 0.4) is 0 Å². The molecular formula is C24H31ClN4O5S. The summed E-state index contributed by atoms with van der Waals surface area (Å²) in [6, 6.07) is 7.60. The van der Waals surface area contributed by atoms with E-state index < -0.39 is 40.5 Å². The molecular weight excluding hydrogens is 492 g/mol. The molecule has 0 saturated carbocycles. The molecule has 2 aromatic rings. The number of benzene rings is 2. The van der Waals surface area contributed by atoms with E-state index in [9.17, 15) is 22.8 Å². The maximum atomic E-state index is 13.6. The lowest BCUT2D eigenvalue weighted by atomic mass is 10.1. The lowest BCUT2D eigenvalue weighted by Crippen LogP contribution is -2.53. The molecule has 0 bridgehead atoms. The maximum Gasteiger partial charge on any atom is 0.245 e. The summed E-state index contributed by atoms with van der Waals surface area (Å²) in [5.41, 5.74) is 5.38. The first-order valence-corrected chi connectivity index (χ1v) is 13.3. The zero-order chi connectivity index (χ0) is 26.1. The van der Waals surface area contributed by atoms with Crippen molar-refractivity contribution in [1.29, 1.82) is 0 Å². The van der Waals surface area contributed by atoms with Crippen LogP contribution >= 0.6 is 11.6 Å². The molecule has 1 saturated heterocycles. The highest BCUT2D eigenvalue weighted by Crippen LogP contribution is 2.29. The minimum atomic E-state index is -4.26. The average molecular weight is 523 g/mol. The van der Waals surface area contributed by atoms with Crippen LogP contribution in [0.25, 0.3) is 10.8 Å². The predicted octanol–water partition coefficient (Wildman–Crippen LogP) is 2.22. The molecule has 0 spiro atoms. The summed E-state index contributed by atoms with van der Waals surface area (Å²) < 4.78 is 28.1. The van der Waals surface area contributed by atoms with Crippen molar-refractivity contribution in [3.05, 3.63) is 41.4 Å². The van der Waals surface area contributed by atoms with Gasteiger partial charge in [0.2, 0.25) is 27.7 Å². The molecule has 1 fully saturated rings. The van der Waals surface area contributed by atoms with Gasteiger partial charge in [0.05, 0.1) is 11.4 Å². The number of carbonyl (C=O) groups is 3. The number of fused-ring (bicyclic) bond motifs is 1. The van der Waals surface area contributed by atoms with Crippen molar-refractivity contribution < 1.29 is 22.8 Å². The van der Waals surface area contributed by atoms with Gasteiger partial charge in [0.15, 0.2) is 0 Å². The number of sulfonamides is 1. The Balaban J connectivity index is 1.93. The largest absolute Gasteiger partial charge is 0.369 e. The molecule has 11 heteroatoms. The average Bonchev–Trinajstić information content (AvgIpc) is 3.17. The first-order chi connectivity index (χ1) is 16.4. The number of hydrogen-bond donors (Lipinski definition) is 1. The van der Waals surface area contributed by atoms with Crippen molar-refractivity contribution in [2.24, 2.45) is 5.73 Å². The predicted molar refractivity (Wildman–Crippen MR) is 134 cm³/mol. The van der Waals surface area contributed by atoms with Crippen molar-refractivity contribution >= 4 is 50.1 Å². The number of nitrogens with zero attached hydrogens (tertiary/aromatic N) is 3. The Kier molecular flexibility index (Phi) is 8.08. The second-order valence-corrected chi connectivity index (χ2v) is 11.2. The highest BCUT2D eigenvalue weighted by atomic mass is 35.5. The second-order valence-electron chi connectivity index (χ2n) is 8.90. The van der Waals surface area contributed by atoms with Gasteiger partial charge in [0.1, 0.15) is 12.1 Å². The monoisotopic (exact) mass is 522 g/mol. The van der Waals surface area contributed by atoms with E-state index in [1.165, 1.54) is 17.0 Å². The molecule has 0 aromatic heterocycles. The molecule has 190 valence electrons. The number of halogens is 1. The van der Waals surface area contributed by atoms with Crippen molar-refractivity contribution in [3.63, 3.8) is 0 Å². The number of amides is 3. The number of hydrogen-bond acceptors (Lipinski definition) is 5. The summed E-state index contributed by atoms with van der Waals surface area (Å²) in [6.07, 6.45) is 0.139. The summed E-state index contributed by atoms with van der Waals surface area (Å²) in [5, 5.41) is 1.91. The van der Waals surface area contributed by atoms with Crippen LogP contribution < -0.4 is 5.73 Å². The van der Waals surface area contributed by atoms with E-state index in [0.29, 0.717) is 17.0 Å². The molecule has 9 nitrogen and oxygen atoms in total. The number of likely N-dealkylation sites (N-methyl/N-ethyl adjacent to an activating group) is 1. The van der Waals surface area contributed by atoms with E-state index in [0.717, 1.165) is 9.69 Å². The van der Waals surface area contributed by atoms with Crippen LogP contribution in [0.2, 0.25) is 5.02 Å². The summed E-state index contributed by atoms with van der Waals surface area (Å²) in [7, 11) is -4.26. The van der Waals surface area contributed by atoms with Gasteiger partial charge in [-0.2, -0.15) is 4.31 Å². The Hall–Kier alpha value is -2.69. The third kappa shape index (κ3) is 5.44. The van der Waals surface area contributed by atoms with Crippen LogP contribution in [0, 0.1) is 0 Å². The molecule has 0 radical (unpaired) electrons. The quantitative estimate of drug-likeness (QED) is 0.541. The van der Waals surface area contributed by atoms with E-state index in [2.05, 4.69) is 0 Å². The number of nitrogens with two attached hydrogens (primary N) is 1. The van der Waals surface area contributed by atoms with Crippen LogP contribution in [0.15, 0.2) is 41.3 Å². The summed E-state index contributed by atoms with van der Waals surface area (Å²) in [6.45, 7) is 7.30. The Labute approximate surface area is 210 Å². The number of rotatable bonds is 9. The summed E-state index contributed by atoms with van der Waals surface area (Å²) in [4.78, 5) is 41.2. The van der Waals surface area contributed by atoms with Crippen LogP contribution in [-0.4, -0.2) is 78.0 Å². The van der Waals surface area contributed by atoms with Gasteiger partial charge in [-0.1, -0.05) is 23.7 Å². The van der Waals surface area contributed by atoms with Gasteiger partial charge in [-0.15, -0.1) is 0 Å². The summed E-state index contributed by atoms with van der Waals surface area (Å²) >= 11 is 6.02.